The molecule has 0 saturated carbocycles. The number of nitrogens with zero attached hydrogens (tertiary/aromatic N) is 2. The maximum Gasteiger partial charge on any atom is 0.229 e. The number of fused-ring (bicyclic) bond motifs is 3. The topological polar surface area (TPSA) is 95.1 Å². The molecule has 0 amide bonds. The molecule has 0 aliphatic carbocycles. The molecule has 3 aromatic carbocycles. The summed E-state index contributed by atoms with van der Waals surface area (Å²) in [6, 6.07) is 23.0. The molecule has 6 nitrogen and oxygen atoms in total. The van der Waals surface area contributed by atoms with Crippen molar-refractivity contribution in [1.82, 2.24) is 4.57 Å². The van der Waals surface area contributed by atoms with Crippen LogP contribution >= 0.6 is 0 Å². The number of rotatable bonds is 6. The molecule has 0 radical (unpaired) electrons. The number of sulfonamides is 1. The van der Waals surface area contributed by atoms with Gasteiger partial charge in [-0.25, -0.2) is 8.42 Å². The van der Waals surface area contributed by atoms with Crippen molar-refractivity contribution < 1.29 is 13.5 Å². The Labute approximate surface area is 175 Å². The first-order valence-corrected chi connectivity index (χ1v) is 11.4. The van der Waals surface area contributed by atoms with Gasteiger partial charge in [0.25, 0.3) is 0 Å². The molecule has 0 bridgehead atoms. The summed E-state index contributed by atoms with van der Waals surface area (Å²) in [6.07, 6.45) is 0.381. The Kier molecular flexibility index (Phi) is 5.20. The van der Waals surface area contributed by atoms with E-state index in [-0.39, 0.29) is 6.42 Å². The summed E-state index contributed by atoms with van der Waals surface area (Å²) in [5.41, 5.74) is 3.17. The maximum atomic E-state index is 11.7. The Hall–Kier alpha value is -3.34. The number of nitriles is 1. The van der Waals surface area contributed by atoms with Gasteiger partial charge in [0.15, 0.2) is 0 Å². The molecule has 152 valence electrons. The summed E-state index contributed by atoms with van der Waals surface area (Å²) < 4.78 is 28.0. The van der Waals surface area contributed by atoms with Crippen molar-refractivity contribution in [2.45, 2.75) is 19.1 Å². The van der Waals surface area contributed by atoms with Crippen LogP contribution in [0.15, 0.2) is 66.7 Å². The predicted molar refractivity (Wildman–Crippen MR) is 119 cm³/mol. The Morgan fingerprint density at radius 2 is 1.60 bits per heavy atom. The highest BCUT2D eigenvalue weighted by molar-refractivity contribution is 7.92. The van der Waals surface area contributed by atoms with Gasteiger partial charge >= 0.3 is 0 Å². The van der Waals surface area contributed by atoms with Crippen LogP contribution in [0.4, 0.5) is 5.69 Å². The SMILES string of the molecule is CS(=O)(=O)Nc1cccc(C#N)c1CC(O)Cn1c2ccccc2c2ccccc21. The largest absolute Gasteiger partial charge is 0.391 e. The Bertz CT molecular complexity index is 1330. The van der Waals surface area contributed by atoms with Gasteiger partial charge in [-0.2, -0.15) is 5.26 Å². The third-order valence-corrected chi connectivity index (χ3v) is 5.70. The smallest absolute Gasteiger partial charge is 0.229 e. The third kappa shape index (κ3) is 3.88. The highest BCUT2D eigenvalue weighted by atomic mass is 32.2. The van der Waals surface area contributed by atoms with E-state index in [1.807, 2.05) is 36.4 Å². The van der Waals surface area contributed by atoms with Crippen LogP contribution in [0.5, 0.6) is 0 Å². The summed E-state index contributed by atoms with van der Waals surface area (Å²) in [5.74, 6) is 0. The minimum absolute atomic E-state index is 0.141. The van der Waals surface area contributed by atoms with Crippen LogP contribution in [-0.2, 0) is 23.0 Å². The van der Waals surface area contributed by atoms with Gasteiger partial charge in [0.05, 0.1) is 29.7 Å². The Morgan fingerprint density at radius 3 is 2.17 bits per heavy atom. The molecule has 0 spiro atoms. The molecule has 30 heavy (non-hydrogen) atoms. The lowest BCUT2D eigenvalue weighted by Crippen LogP contribution is -2.21. The van der Waals surface area contributed by atoms with Gasteiger partial charge < -0.3 is 9.67 Å². The molecule has 4 rings (SSSR count). The summed E-state index contributed by atoms with van der Waals surface area (Å²) in [6.45, 7) is 0.312. The number of anilines is 1. The summed E-state index contributed by atoms with van der Waals surface area (Å²) in [4.78, 5) is 0. The number of benzene rings is 3. The molecule has 1 heterocycles. The van der Waals surface area contributed by atoms with Gasteiger partial charge in [-0.3, -0.25) is 4.72 Å². The van der Waals surface area contributed by atoms with E-state index in [0.29, 0.717) is 23.4 Å². The molecular formula is C23H21N3O3S. The normalized spacial score (nSPS) is 12.7. The molecule has 0 fully saturated rings. The molecule has 2 N–H and O–H groups in total. The zero-order valence-electron chi connectivity index (χ0n) is 16.4. The van der Waals surface area contributed by atoms with E-state index in [4.69, 9.17) is 0 Å². The van der Waals surface area contributed by atoms with Crippen molar-refractivity contribution >= 4 is 37.5 Å². The lowest BCUT2D eigenvalue weighted by Gasteiger charge is -2.17. The summed E-state index contributed by atoms with van der Waals surface area (Å²) >= 11 is 0. The van der Waals surface area contributed by atoms with Crippen LogP contribution < -0.4 is 4.72 Å². The first kappa shape index (κ1) is 20.0. The van der Waals surface area contributed by atoms with E-state index in [1.54, 1.807) is 18.2 Å². The molecule has 0 saturated heterocycles. The van der Waals surface area contributed by atoms with Crippen molar-refractivity contribution in [3.05, 3.63) is 77.9 Å². The molecule has 7 heteroatoms. The second kappa shape index (κ2) is 7.82. The van der Waals surface area contributed by atoms with Crippen LogP contribution in [0.1, 0.15) is 11.1 Å². The molecular weight excluding hydrogens is 398 g/mol. The van der Waals surface area contributed by atoms with E-state index in [9.17, 15) is 18.8 Å². The lowest BCUT2D eigenvalue weighted by molar-refractivity contribution is 0.157. The highest BCUT2D eigenvalue weighted by Crippen LogP contribution is 2.30. The fourth-order valence-corrected chi connectivity index (χ4v) is 4.51. The molecule has 1 aromatic heterocycles. The van der Waals surface area contributed by atoms with Crippen LogP contribution in [-0.4, -0.2) is 30.5 Å². The molecule has 1 unspecified atom stereocenters. The van der Waals surface area contributed by atoms with Crippen molar-refractivity contribution in [2.24, 2.45) is 0 Å². The standard InChI is InChI=1S/C23H21N3O3S/c1-30(28,29)25-21-10-6-7-16(14-24)20(21)13-17(27)15-26-22-11-4-2-8-18(22)19-9-3-5-12-23(19)26/h2-12,17,25,27H,13,15H2,1H3. The first-order valence-electron chi connectivity index (χ1n) is 9.51. The number of aliphatic hydroxyl groups is 1. The second-order valence-electron chi connectivity index (χ2n) is 7.32. The lowest BCUT2D eigenvalue weighted by atomic mass is 10.00. The maximum absolute atomic E-state index is 11.7. The second-order valence-corrected chi connectivity index (χ2v) is 9.07. The summed E-state index contributed by atoms with van der Waals surface area (Å²) in [5, 5.41) is 22.6. The van der Waals surface area contributed by atoms with Gasteiger partial charge in [-0.05, 0) is 29.8 Å². The first-order chi connectivity index (χ1) is 14.4. The number of aliphatic hydroxyl groups excluding tert-OH is 1. The van der Waals surface area contributed by atoms with Crippen molar-refractivity contribution in [1.29, 1.82) is 5.26 Å². The fourth-order valence-electron chi connectivity index (χ4n) is 3.92. The van der Waals surface area contributed by atoms with Crippen LogP contribution in [0.25, 0.3) is 21.8 Å². The van der Waals surface area contributed by atoms with Crippen molar-refractivity contribution in [3.63, 3.8) is 0 Å². The minimum atomic E-state index is -3.51. The highest BCUT2D eigenvalue weighted by Gasteiger charge is 2.18. The van der Waals surface area contributed by atoms with Crippen LogP contribution in [0.2, 0.25) is 0 Å². The quantitative estimate of drug-likeness (QED) is 0.499. The predicted octanol–water partition coefficient (Wildman–Crippen LogP) is 3.64. The van der Waals surface area contributed by atoms with Crippen molar-refractivity contribution in [3.8, 4) is 6.07 Å². The molecule has 1 atom stereocenters. The van der Waals surface area contributed by atoms with E-state index >= 15 is 0 Å². The van der Waals surface area contributed by atoms with E-state index in [2.05, 4.69) is 27.5 Å². The third-order valence-electron chi connectivity index (χ3n) is 5.10. The number of nitrogens with one attached hydrogen (secondary N) is 1. The van der Waals surface area contributed by atoms with Gasteiger partial charge in [0.2, 0.25) is 10.0 Å². The van der Waals surface area contributed by atoms with E-state index < -0.39 is 16.1 Å². The number of hydrogen-bond acceptors (Lipinski definition) is 4. The fraction of sp³-hybridized carbons (Fsp3) is 0.174. The average Bonchev–Trinajstić information content (AvgIpc) is 3.02. The van der Waals surface area contributed by atoms with Crippen molar-refractivity contribution in [2.75, 3.05) is 11.0 Å². The van der Waals surface area contributed by atoms with Crippen LogP contribution in [0.3, 0.4) is 0 Å². The number of hydrogen-bond donors (Lipinski definition) is 2. The van der Waals surface area contributed by atoms with Crippen LogP contribution in [0, 0.1) is 11.3 Å². The van der Waals surface area contributed by atoms with Gasteiger partial charge in [-0.1, -0.05) is 42.5 Å². The average molecular weight is 420 g/mol. The van der Waals surface area contributed by atoms with E-state index in [1.165, 1.54) is 0 Å². The molecule has 0 aliphatic heterocycles. The molecule has 0 aliphatic rings. The molecule has 4 aromatic rings. The monoisotopic (exact) mass is 419 g/mol. The number of aromatic nitrogens is 1. The van der Waals surface area contributed by atoms with E-state index in [0.717, 1.165) is 28.1 Å². The minimum Gasteiger partial charge on any atom is -0.391 e. The van der Waals surface area contributed by atoms with Gasteiger partial charge in [0, 0.05) is 34.8 Å². The zero-order chi connectivity index (χ0) is 21.3. The Morgan fingerprint density at radius 1 is 1.00 bits per heavy atom. The van der Waals surface area contributed by atoms with Gasteiger partial charge in [-0.15, -0.1) is 0 Å². The van der Waals surface area contributed by atoms with Gasteiger partial charge in [0.1, 0.15) is 0 Å². The zero-order valence-corrected chi connectivity index (χ0v) is 17.2. The number of para-hydroxylation sites is 2. The summed E-state index contributed by atoms with van der Waals surface area (Å²) in [7, 11) is -3.51. The Balaban J connectivity index is 1.71.